The molecule has 0 amide bonds. The Hall–Kier alpha value is 0.420. The van der Waals surface area contributed by atoms with Gasteiger partial charge in [0.05, 0.1) is 15.6 Å². The van der Waals surface area contributed by atoms with Gasteiger partial charge in [-0.25, -0.2) is 0 Å². The maximum atomic E-state index is 5.57. The number of ether oxygens (including phenoxy) is 2. The summed E-state index contributed by atoms with van der Waals surface area (Å²) in [7, 11) is 1.65. The zero-order chi connectivity index (χ0) is 11.3. The van der Waals surface area contributed by atoms with Gasteiger partial charge in [0.2, 0.25) is 0 Å². The second-order valence-corrected chi connectivity index (χ2v) is 5.13. The molecule has 0 N–H and O–H groups in total. The van der Waals surface area contributed by atoms with E-state index < -0.39 is 0 Å². The van der Waals surface area contributed by atoms with E-state index in [-0.39, 0.29) is 0 Å². The number of methoxy groups -OCH3 is 1. The average Bonchev–Trinajstić information content (AvgIpc) is 2.22. The summed E-state index contributed by atoms with van der Waals surface area (Å²) < 4.78 is 12.4. The van der Waals surface area contributed by atoms with E-state index in [0.717, 1.165) is 20.0 Å². The third-order valence-electron chi connectivity index (χ3n) is 1.75. The van der Waals surface area contributed by atoms with Gasteiger partial charge in [-0.3, -0.25) is 0 Å². The fourth-order valence-electron chi connectivity index (χ4n) is 1.05. The lowest BCUT2D eigenvalue weighted by molar-refractivity contribution is 0.145. The molecule has 0 aliphatic carbocycles. The summed E-state index contributed by atoms with van der Waals surface area (Å²) in [6.07, 6.45) is 0. The molecule has 0 aromatic heterocycles. The maximum Gasteiger partial charge on any atom is 0.147 e. The van der Waals surface area contributed by atoms with Gasteiger partial charge >= 0.3 is 0 Å². The Morgan fingerprint density at radius 3 is 2.20 bits per heavy atom. The van der Waals surface area contributed by atoms with Gasteiger partial charge in [0.25, 0.3) is 0 Å². The van der Waals surface area contributed by atoms with Gasteiger partial charge < -0.3 is 9.47 Å². The number of hydrogen-bond acceptors (Lipinski definition) is 2. The summed E-state index contributed by atoms with van der Waals surface area (Å²) in [5, 5.41) is 0.822. The molecule has 5 heteroatoms. The topological polar surface area (TPSA) is 18.5 Å². The van der Waals surface area contributed by atoms with Gasteiger partial charge in [-0.05, 0) is 49.6 Å². The van der Waals surface area contributed by atoms with E-state index in [1.54, 1.807) is 7.11 Å². The van der Waals surface area contributed by atoms with E-state index in [1.807, 2.05) is 12.1 Å². The molecule has 0 aliphatic rings. The second-order valence-electron chi connectivity index (χ2n) is 2.86. The van der Waals surface area contributed by atoms with Gasteiger partial charge in [-0.2, -0.15) is 0 Å². The smallest absolute Gasteiger partial charge is 0.147 e. The lowest BCUT2D eigenvalue weighted by Crippen LogP contribution is -2.05. The molecule has 1 aromatic rings. The molecule has 0 aliphatic heterocycles. The third kappa shape index (κ3) is 4.06. The minimum absolute atomic E-state index is 0.543. The Morgan fingerprint density at radius 1 is 1.13 bits per heavy atom. The molecule has 84 valence electrons. The van der Waals surface area contributed by atoms with Crippen LogP contribution in [0.1, 0.15) is 5.56 Å². The van der Waals surface area contributed by atoms with Crippen LogP contribution in [-0.4, -0.2) is 20.3 Å². The van der Waals surface area contributed by atoms with Crippen molar-refractivity contribution in [1.29, 1.82) is 0 Å². The van der Waals surface area contributed by atoms with Crippen LogP contribution >= 0.6 is 47.8 Å². The SMILES string of the molecule is COCCOc1c(Br)cc(CBr)cc1Br. The van der Waals surface area contributed by atoms with Crippen LogP contribution in [0.3, 0.4) is 0 Å². The van der Waals surface area contributed by atoms with E-state index in [4.69, 9.17) is 9.47 Å². The van der Waals surface area contributed by atoms with E-state index in [9.17, 15) is 0 Å². The first-order valence-corrected chi connectivity index (χ1v) is 7.05. The van der Waals surface area contributed by atoms with Crippen molar-refractivity contribution in [2.75, 3.05) is 20.3 Å². The van der Waals surface area contributed by atoms with Crippen LogP contribution in [0.2, 0.25) is 0 Å². The van der Waals surface area contributed by atoms with Crippen molar-refractivity contribution in [3.63, 3.8) is 0 Å². The van der Waals surface area contributed by atoms with Crippen molar-refractivity contribution in [2.45, 2.75) is 5.33 Å². The highest BCUT2D eigenvalue weighted by Gasteiger charge is 2.08. The Bertz CT molecular complexity index is 305. The highest BCUT2D eigenvalue weighted by Crippen LogP contribution is 2.35. The molecule has 0 saturated carbocycles. The van der Waals surface area contributed by atoms with Crippen molar-refractivity contribution >= 4 is 47.8 Å². The average molecular weight is 403 g/mol. The molecule has 0 spiro atoms. The number of rotatable bonds is 5. The predicted octanol–water partition coefficient (Wildman–Crippen LogP) is 4.13. The minimum atomic E-state index is 0.543. The summed E-state index contributed by atoms with van der Waals surface area (Å²) in [6, 6.07) is 4.06. The largest absolute Gasteiger partial charge is 0.489 e. The molecule has 0 radical (unpaired) electrons. The molecule has 15 heavy (non-hydrogen) atoms. The predicted molar refractivity (Wildman–Crippen MR) is 71.8 cm³/mol. The summed E-state index contributed by atoms with van der Waals surface area (Å²) in [4.78, 5) is 0. The van der Waals surface area contributed by atoms with Crippen molar-refractivity contribution in [3.05, 3.63) is 26.6 Å². The Labute approximate surface area is 115 Å². The third-order valence-corrected chi connectivity index (χ3v) is 3.57. The van der Waals surface area contributed by atoms with Crippen LogP contribution in [0.15, 0.2) is 21.1 Å². The minimum Gasteiger partial charge on any atom is -0.489 e. The van der Waals surface area contributed by atoms with E-state index in [2.05, 4.69) is 47.8 Å². The normalized spacial score (nSPS) is 10.4. The van der Waals surface area contributed by atoms with Crippen molar-refractivity contribution < 1.29 is 9.47 Å². The molecule has 1 rings (SSSR count). The lowest BCUT2D eigenvalue weighted by atomic mass is 10.2. The van der Waals surface area contributed by atoms with Crippen LogP contribution in [-0.2, 0) is 10.1 Å². The first-order chi connectivity index (χ1) is 7.19. The molecule has 0 fully saturated rings. The van der Waals surface area contributed by atoms with Gasteiger partial charge in [0.15, 0.2) is 0 Å². The Kier molecular flexibility index (Phi) is 6.19. The summed E-state index contributed by atoms with van der Waals surface area (Å²) in [5.41, 5.74) is 1.19. The van der Waals surface area contributed by atoms with E-state index >= 15 is 0 Å². The van der Waals surface area contributed by atoms with Gasteiger partial charge in [-0.15, -0.1) is 0 Å². The van der Waals surface area contributed by atoms with Crippen molar-refractivity contribution in [1.82, 2.24) is 0 Å². The quantitative estimate of drug-likeness (QED) is 0.544. The molecule has 0 saturated heterocycles. The van der Waals surface area contributed by atoms with Crippen molar-refractivity contribution in [2.24, 2.45) is 0 Å². The first-order valence-electron chi connectivity index (χ1n) is 4.34. The van der Waals surface area contributed by atoms with Crippen LogP contribution in [0.25, 0.3) is 0 Å². The van der Waals surface area contributed by atoms with Gasteiger partial charge in [-0.1, -0.05) is 15.9 Å². The lowest BCUT2D eigenvalue weighted by Gasteiger charge is -2.11. The molecule has 0 bridgehead atoms. The van der Waals surface area contributed by atoms with Crippen molar-refractivity contribution in [3.8, 4) is 5.75 Å². The molecular weight excluding hydrogens is 392 g/mol. The number of benzene rings is 1. The van der Waals surface area contributed by atoms with Crippen LogP contribution in [0, 0.1) is 0 Å². The van der Waals surface area contributed by atoms with Crippen LogP contribution in [0.4, 0.5) is 0 Å². The number of alkyl halides is 1. The number of hydrogen-bond donors (Lipinski definition) is 0. The number of halogens is 3. The Morgan fingerprint density at radius 2 is 1.73 bits per heavy atom. The highest BCUT2D eigenvalue weighted by atomic mass is 79.9. The summed E-state index contributed by atoms with van der Waals surface area (Å²) in [5.74, 6) is 0.816. The van der Waals surface area contributed by atoms with E-state index in [1.165, 1.54) is 5.56 Å². The zero-order valence-electron chi connectivity index (χ0n) is 8.23. The molecule has 0 heterocycles. The maximum absolute atomic E-state index is 5.57. The first kappa shape index (κ1) is 13.5. The molecule has 0 unspecified atom stereocenters. The van der Waals surface area contributed by atoms with Gasteiger partial charge in [0.1, 0.15) is 12.4 Å². The zero-order valence-corrected chi connectivity index (χ0v) is 13.0. The van der Waals surface area contributed by atoms with E-state index in [0.29, 0.717) is 13.2 Å². The summed E-state index contributed by atoms with van der Waals surface area (Å²) >= 11 is 10.4. The fourth-order valence-corrected chi connectivity index (χ4v) is 2.89. The molecule has 0 atom stereocenters. The van der Waals surface area contributed by atoms with Crippen LogP contribution in [0.5, 0.6) is 5.75 Å². The van der Waals surface area contributed by atoms with Crippen LogP contribution < -0.4 is 4.74 Å². The standard InChI is InChI=1S/C10H11Br3O2/c1-14-2-3-15-10-8(12)4-7(6-11)5-9(10)13/h4-5H,2-3,6H2,1H3. The molecule has 2 nitrogen and oxygen atoms in total. The second kappa shape index (κ2) is 6.89. The molecule has 1 aromatic carbocycles. The summed E-state index contributed by atoms with van der Waals surface area (Å²) in [6.45, 7) is 1.13. The highest BCUT2D eigenvalue weighted by molar-refractivity contribution is 9.11. The Balaban J connectivity index is 2.79. The van der Waals surface area contributed by atoms with Gasteiger partial charge in [0, 0.05) is 12.4 Å². The monoisotopic (exact) mass is 400 g/mol. The molecular formula is C10H11Br3O2. The fraction of sp³-hybridized carbons (Fsp3) is 0.400.